The van der Waals surface area contributed by atoms with E-state index < -0.39 is 0 Å². The maximum atomic E-state index is 14.4. The lowest BCUT2D eigenvalue weighted by atomic mass is 10.2. The topological polar surface area (TPSA) is 68.2 Å². The molecule has 3 rings (SSSR count). The zero-order valence-corrected chi connectivity index (χ0v) is 15.4. The first-order valence-electron chi connectivity index (χ1n) is 8.46. The number of imidazole rings is 1. The van der Waals surface area contributed by atoms with Crippen molar-refractivity contribution < 1.29 is 13.9 Å². The van der Waals surface area contributed by atoms with Crippen LogP contribution in [0.2, 0.25) is 0 Å². The number of carbonyl (C=O) groups excluding carboxylic acids is 1. The molecule has 0 saturated heterocycles. The number of halogens is 1. The number of methoxy groups -OCH3 is 1. The summed E-state index contributed by atoms with van der Waals surface area (Å²) in [4.78, 5) is 16.2. The van der Waals surface area contributed by atoms with Gasteiger partial charge in [-0.3, -0.25) is 0 Å². The maximum Gasteiger partial charge on any atom is 0.319 e. The number of aryl methyl sites for hydroxylation is 2. The predicted octanol–water partition coefficient (Wildman–Crippen LogP) is 3.96. The fourth-order valence-corrected chi connectivity index (χ4v) is 2.80. The number of urea groups is 1. The molecule has 2 N–H and O–H groups in total. The molecule has 0 aliphatic rings. The second-order valence-corrected chi connectivity index (χ2v) is 6.12. The maximum absolute atomic E-state index is 14.4. The smallest absolute Gasteiger partial charge is 0.319 e. The van der Waals surface area contributed by atoms with E-state index in [0.29, 0.717) is 22.8 Å². The molecule has 0 fully saturated rings. The van der Waals surface area contributed by atoms with Gasteiger partial charge in [-0.15, -0.1) is 0 Å². The van der Waals surface area contributed by atoms with Gasteiger partial charge in [0.15, 0.2) is 0 Å². The molecule has 27 heavy (non-hydrogen) atoms. The highest BCUT2D eigenvalue weighted by Crippen LogP contribution is 2.21. The Labute approximate surface area is 157 Å². The Morgan fingerprint density at radius 2 is 2.04 bits per heavy atom. The Bertz CT molecular complexity index is 968. The number of nitrogens with one attached hydrogen (secondary N) is 2. The van der Waals surface area contributed by atoms with Crippen molar-refractivity contribution in [1.82, 2.24) is 14.9 Å². The van der Waals surface area contributed by atoms with E-state index in [9.17, 15) is 9.18 Å². The van der Waals surface area contributed by atoms with Crippen LogP contribution in [-0.2, 0) is 6.54 Å². The van der Waals surface area contributed by atoms with Crippen molar-refractivity contribution in [3.05, 3.63) is 71.6 Å². The van der Waals surface area contributed by atoms with E-state index in [0.717, 1.165) is 11.3 Å². The number of aromatic nitrogens is 2. The van der Waals surface area contributed by atoms with E-state index in [2.05, 4.69) is 15.6 Å². The van der Waals surface area contributed by atoms with E-state index in [1.807, 2.05) is 13.0 Å². The number of rotatable bonds is 5. The molecular formula is C20H21FN4O2. The van der Waals surface area contributed by atoms with Gasteiger partial charge < -0.3 is 19.9 Å². The lowest BCUT2D eigenvalue weighted by molar-refractivity contribution is 0.251. The average molecular weight is 368 g/mol. The summed E-state index contributed by atoms with van der Waals surface area (Å²) in [5.41, 5.74) is 2.66. The molecule has 7 heteroatoms. The molecule has 0 radical (unpaired) electrons. The van der Waals surface area contributed by atoms with Gasteiger partial charge in [-0.1, -0.05) is 6.07 Å². The minimum Gasteiger partial charge on any atom is -0.496 e. The first kappa shape index (κ1) is 18.4. The van der Waals surface area contributed by atoms with Gasteiger partial charge in [0.05, 0.1) is 12.8 Å². The predicted molar refractivity (Wildman–Crippen MR) is 102 cm³/mol. The highest BCUT2D eigenvalue weighted by molar-refractivity contribution is 5.89. The van der Waals surface area contributed by atoms with Crippen molar-refractivity contribution in [2.75, 3.05) is 12.4 Å². The van der Waals surface area contributed by atoms with Gasteiger partial charge in [0.1, 0.15) is 17.4 Å². The van der Waals surface area contributed by atoms with Crippen LogP contribution >= 0.6 is 0 Å². The number of carbonyl (C=O) groups is 1. The van der Waals surface area contributed by atoms with E-state index >= 15 is 0 Å². The van der Waals surface area contributed by atoms with Crippen LogP contribution in [0.5, 0.6) is 5.75 Å². The normalized spacial score (nSPS) is 10.5. The zero-order chi connectivity index (χ0) is 19.4. The summed E-state index contributed by atoms with van der Waals surface area (Å²) in [6.45, 7) is 3.91. The molecule has 0 saturated carbocycles. The Hall–Kier alpha value is -3.35. The summed E-state index contributed by atoms with van der Waals surface area (Å²) in [5.74, 6) is 1.08. The average Bonchev–Trinajstić information content (AvgIpc) is 3.06. The Kier molecular flexibility index (Phi) is 5.40. The molecule has 1 aromatic heterocycles. The lowest BCUT2D eigenvalue weighted by Gasteiger charge is -2.11. The zero-order valence-electron chi connectivity index (χ0n) is 15.4. The van der Waals surface area contributed by atoms with Crippen LogP contribution in [0.25, 0.3) is 5.69 Å². The molecule has 0 bridgehead atoms. The summed E-state index contributed by atoms with van der Waals surface area (Å²) in [5, 5.41) is 5.47. The van der Waals surface area contributed by atoms with Crippen LogP contribution in [0.1, 0.15) is 17.0 Å². The Balaban J connectivity index is 1.61. The van der Waals surface area contributed by atoms with Gasteiger partial charge in [0, 0.05) is 24.6 Å². The number of benzene rings is 2. The number of amides is 2. The Morgan fingerprint density at radius 3 is 2.67 bits per heavy atom. The molecule has 0 spiro atoms. The third kappa shape index (κ3) is 4.25. The van der Waals surface area contributed by atoms with Gasteiger partial charge >= 0.3 is 6.03 Å². The number of hydrogen-bond donors (Lipinski definition) is 2. The van der Waals surface area contributed by atoms with E-state index in [-0.39, 0.29) is 18.4 Å². The molecule has 2 amide bonds. The molecule has 0 aliphatic carbocycles. The summed E-state index contributed by atoms with van der Waals surface area (Å²) >= 11 is 0. The first-order chi connectivity index (χ1) is 13.0. The summed E-state index contributed by atoms with van der Waals surface area (Å²) in [6.07, 6.45) is 3.32. The molecule has 140 valence electrons. The molecule has 3 aromatic rings. The second-order valence-electron chi connectivity index (χ2n) is 6.12. The molecule has 0 unspecified atom stereocenters. The van der Waals surface area contributed by atoms with Crippen LogP contribution in [0, 0.1) is 19.7 Å². The van der Waals surface area contributed by atoms with E-state index in [1.54, 1.807) is 55.3 Å². The van der Waals surface area contributed by atoms with Crippen LogP contribution in [0.15, 0.2) is 48.8 Å². The van der Waals surface area contributed by atoms with Crippen molar-refractivity contribution in [3.8, 4) is 11.4 Å². The minimum absolute atomic E-state index is 0.209. The molecule has 0 atom stereocenters. The molecule has 1 heterocycles. The van der Waals surface area contributed by atoms with Crippen LogP contribution < -0.4 is 15.4 Å². The standard InChI is InChI=1S/C20H21FN4O2/c1-13-10-16(5-7-19(13)27-3)24-20(26)23-12-15-4-6-18(17(21)11-15)25-9-8-22-14(25)2/h4-11H,12H2,1-3H3,(H2,23,24,26). The van der Waals surface area contributed by atoms with Crippen LogP contribution in [0.4, 0.5) is 14.9 Å². The van der Waals surface area contributed by atoms with E-state index in [1.165, 1.54) is 6.07 Å². The molecule has 6 nitrogen and oxygen atoms in total. The fourth-order valence-electron chi connectivity index (χ4n) is 2.80. The Morgan fingerprint density at radius 1 is 1.22 bits per heavy atom. The number of anilines is 1. The second kappa shape index (κ2) is 7.90. The van der Waals surface area contributed by atoms with Crippen molar-refractivity contribution >= 4 is 11.7 Å². The van der Waals surface area contributed by atoms with Gasteiger partial charge in [0.25, 0.3) is 0 Å². The third-order valence-corrected chi connectivity index (χ3v) is 4.20. The fraction of sp³-hybridized carbons (Fsp3) is 0.200. The SMILES string of the molecule is COc1ccc(NC(=O)NCc2ccc(-n3ccnc3C)c(F)c2)cc1C. The highest BCUT2D eigenvalue weighted by atomic mass is 19.1. The minimum atomic E-state index is -0.374. The number of nitrogens with zero attached hydrogens (tertiary/aromatic N) is 2. The lowest BCUT2D eigenvalue weighted by Crippen LogP contribution is -2.28. The summed E-state index contributed by atoms with van der Waals surface area (Å²) < 4.78 is 21.3. The monoisotopic (exact) mass is 368 g/mol. The molecule has 2 aromatic carbocycles. The van der Waals surface area contributed by atoms with Crippen molar-refractivity contribution in [2.24, 2.45) is 0 Å². The first-order valence-corrected chi connectivity index (χ1v) is 8.46. The molecule has 0 aliphatic heterocycles. The molecular weight excluding hydrogens is 347 g/mol. The van der Waals surface area contributed by atoms with Gasteiger partial charge in [0.2, 0.25) is 0 Å². The van der Waals surface area contributed by atoms with Gasteiger partial charge in [-0.25, -0.2) is 14.2 Å². The van der Waals surface area contributed by atoms with Crippen molar-refractivity contribution in [1.29, 1.82) is 0 Å². The number of ether oxygens (including phenoxy) is 1. The van der Waals surface area contributed by atoms with Crippen LogP contribution in [-0.4, -0.2) is 22.7 Å². The van der Waals surface area contributed by atoms with Crippen LogP contribution in [0.3, 0.4) is 0 Å². The van der Waals surface area contributed by atoms with Gasteiger partial charge in [-0.2, -0.15) is 0 Å². The van der Waals surface area contributed by atoms with E-state index in [4.69, 9.17) is 4.74 Å². The summed E-state index contributed by atoms with van der Waals surface area (Å²) in [6, 6.07) is 9.85. The quantitative estimate of drug-likeness (QED) is 0.716. The third-order valence-electron chi connectivity index (χ3n) is 4.20. The largest absolute Gasteiger partial charge is 0.496 e. The van der Waals surface area contributed by atoms with Crippen molar-refractivity contribution in [3.63, 3.8) is 0 Å². The highest BCUT2D eigenvalue weighted by Gasteiger charge is 2.09. The van der Waals surface area contributed by atoms with Crippen molar-refractivity contribution in [2.45, 2.75) is 20.4 Å². The summed E-state index contributed by atoms with van der Waals surface area (Å²) in [7, 11) is 1.60. The number of hydrogen-bond acceptors (Lipinski definition) is 3. The van der Waals surface area contributed by atoms with Gasteiger partial charge in [-0.05, 0) is 55.3 Å².